The molecule has 1 heterocycles. The van der Waals surface area contributed by atoms with Crippen molar-refractivity contribution in [2.24, 2.45) is 0 Å². The maximum atomic E-state index is 12.2. The number of hydrogen-bond donors (Lipinski definition) is 1. The van der Waals surface area contributed by atoms with Gasteiger partial charge in [0.15, 0.2) is 0 Å². The zero-order valence-corrected chi connectivity index (χ0v) is 12.3. The van der Waals surface area contributed by atoms with Crippen LogP contribution in [0.5, 0.6) is 0 Å². The molecule has 114 valence electrons. The van der Waals surface area contributed by atoms with Crippen LogP contribution in [0, 0.1) is 10.1 Å². The van der Waals surface area contributed by atoms with Gasteiger partial charge in [0.2, 0.25) is 5.91 Å². The van der Waals surface area contributed by atoms with Crippen molar-refractivity contribution in [2.45, 2.75) is 12.8 Å². The first-order valence-corrected chi connectivity index (χ1v) is 6.98. The zero-order valence-electron chi connectivity index (χ0n) is 12.3. The normalized spacial score (nSPS) is 14.1. The summed E-state index contributed by atoms with van der Waals surface area (Å²) in [7, 11) is 3.34. The highest BCUT2D eigenvalue weighted by atomic mass is 16.6. The Morgan fingerprint density at radius 3 is 2.67 bits per heavy atom. The van der Waals surface area contributed by atoms with Crippen LogP contribution in [0.3, 0.4) is 0 Å². The van der Waals surface area contributed by atoms with Crippen molar-refractivity contribution in [3.8, 4) is 0 Å². The van der Waals surface area contributed by atoms with Crippen LogP contribution in [-0.4, -0.2) is 49.5 Å². The first-order chi connectivity index (χ1) is 10.0. The number of likely N-dealkylation sites (N-methyl/N-ethyl adjacent to an activating group) is 1. The first-order valence-electron chi connectivity index (χ1n) is 6.98. The molecule has 1 aromatic rings. The summed E-state index contributed by atoms with van der Waals surface area (Å²) in [6, 6.07) is 5.05. The lowest BCUT2D eigenvalue weighted by molar-refractivity contribution is -0.383. The number of benzene rings is 1. The minimum absolute atomic E-state index is 0.00304. The minimum atomic E-state index is -0.419. The van der Waals surface area contributed by atoms with Crippen LogP contribution in [0.2, 0.25) is 0 Å². The standard InChI is InChI=1S/C14H20N4O3/c1-15-11-6-5-7-12(14(11)18(20)21)16(2)10-13(19)17-8-3-4-9-17/h5-7,15H,3-4,8-10H2,1-2H3. The van der Waals surface area contributed by atoms with Gasteiger partial charge in [0.25, 0.3) is 0 Å². The Bertz CT molecular complexity index is 541. The maximum Gasteiger partial charge on any atom is 0.315 e. The van der Waals surface area contributed by atoms with E-state index in [4.69, 9.17) is 0 Å². The molecule has 1 amide bonds. The molecule has 0 radical (unpaired) electrons. The summed E-state index contributed by atoms with van der Waals surface area (Å²) in [5, 5.41) is 14.1. The number of carbonyl (C=O) groups excluding carboxylic acids is 1. The number of nitrogens with one attached hydrogen (secondary N) is 1. The van der Waals surface area contributed by atoms with E-state index in [2.05, 4.69) is 5.32 Å². The van der Waals surface area contributed by atoms with Crippen LogP contribution in [0.25, 0.3) is 0 Å². The van der Waals surface area contributed by atoms with Crippen molar-refractivity contribution in [3.05, 3.63) is 28.3 Å². The second-order valence-electron chi connectivity index (χ2n) is 5.12. The number of nitrogens with zero attached hydrogens (tertiary/aromatic N) is 3. The predicted octanol–water partition coefficient (Wildman–Crippen LogP) is 1.70. The fourth-order valence-corrected chi connectivity index (χ4v) is 2.59. The highest BCUT2D eigenvalue weighted by Gasteiger charge is 2.25. The smallest absolute Gasteiger partial charge is 0.315 e. The van der Waals surface area contributed by atoms with E-state index in [-0.39, 0.29) is 18.1 Å². The Balaban J connectivity index is 2.20. The van der Waals surface area contributed by atoms with Gasteiger partial charge in [-0.05, 0) is 25.0 Å². The second-order valence-corrected chi connectivity index (χ2v) is 5.12. The molecule has 0 spiro atoms. The van der Waals surface area contributed by atoms with Crippen molar-refractivity contribution in [2.75, 3.05) is 43.9 Å². The largest absolute Gasteiger partial charge is 0.382 e. The molecule has 7 nitrogen and oxygen atoms in total. The third-order valence-electron chi connectivity index (χ3n) is 3.71. The van der Waals surface area contributed by atoms with E-state index < -0.39 is 4.92 Å². The number of rotatable bonds is 5. The van der Waals surface area contributed by atoms with Crippen LogP contribution in [0.15, 0.2) is 18.2 Å². The van der Waals surface area contributed by atoms with Gasteiger partial charge in [0.1, 0.15) is 11.4 Å². The molecule has 1 aliphatic heterocycles. The SMILES string of the molecule is CNc1cccc(N(C)CC(=O)N2CCCC2)c1[N+](=O)[O-]. The average Bonchev–Trinajstić information content (AvgIpc) is 3.00. The molecule has 1 saturated heterocycles. The molecule has 1 aromatic carbocycles. The number of likely N-dealkylation sites (tertiary alicyclic amines) is 1. The third-order valence-corrected chi connectivity index (χ3v) is 3.71. The van der Waals surface area contributed by atoms with Gasteiger partial charge in [-0.25, -0.2) is 0 Å². The molecule has 0 saturated carbocycles. The third kappa shape index (κ3) is 3.24. The van der Waals surface area contributed by atoms with Crippen LogP contribution in [-0.2, 0) is 4.79 Å². The quantitative estimate of drug-likeness (QED) is 0.660. The average molecular weight is 292 g/mol. The Kier molecular flexibility index (Phi) is 4.62. The summed E-state index contributed by atoms with van der Waals surface area (Å²) < 4.78 is 0. The van der Waals surface area contributed by atoms with Crippen molar-refractivity contribution >= 4 is 23.0 Å². The summed E-state index contributed by atoms with van der Waals surface area (Å²) in [5.41, 5.74) is 0.883. The van der Waals surface area contributed by atoms with Gasteiger partial charge in [0.05, 0.1) is 11.5 Å². The van der Waals surface area contributed by atoms with E-state index in [1.165, 1.54) is 0 Å². The summed E-state index contributed by atoms with van der Waals surface area (Å²) in [5.74, 6) is 0.0131. The fourth-order valence-electron chi connectivity index (χ4n) is 2.59. The van der Waals surface area contributed by atoms with Gasteiger partial charge >= 0.3 is 5.69 Å². The number of nitro groups is 1. The monoisotopic (exact) mass is 292 g/mol. The summed E-state index contributed by atoms with van der Waals surface area (Å²) in [6.07, 6.45) is 2.07. The van der Waals surface area contributed by atoms with Crippen molar-refractivity contribution in [3.63, 3.8) is 0 Å². The van der Waals surface area contributed by atoms with Gasteiger partial charge in [-0.1, -0.05) is 6.07 Å². The zero-order chi connectivity index (χ0) is 15.4. The summed E-state index contributed by atoms with van der Waals surface area (Å²) >= 11 is 0. The minimum Gasteiger partial charge on any atom is -0.382 e. The highest BCUT2D eigenvalue weighted by Crippen LogP contribution is 2.34. The van der Waals surface area contributed by atoms with Crippen LogP contribution < -0.4 is 10.2 Å². The van der Waals surface area contributed by atoms with E-state index >= 15 is 0 Å². The molecule has 0 aromatic heterocycles. The first kappa shape index (κ1) is 15.1. The molecule has 1 fully saturated rings. The van der Waals surface area contributed by atoms with Crippen molar-refractivity contribution in [1.29, 1.82) is 0 Å². The topological polar surface area (TPSA) is 78.7 Å². The molecule has 7 heteroatoms. The van der Waals surface area contributed by atoms with E-state index in [0.29, 0.717) is 11.4 Å². The van der Waals surface area contributed by atoms with E-state index in [1.807, 2.05) is 4.90 Å². The van der Waals surface area contributed by atoms with Gasteiger partial charge in [0, 0.05) is 27.2 Å². The number of para-hydroxylation sites is 1. The number of carbonyl (C=O) groups is 1. The van der Waals surface area contributed by atoms with E-state index in [1.54, 1.807) is 37.2 Å². The molecule has 0 unspecified atom stereocenters. The molecular formula is C14H20N4O3. The van der Waals surface area contributed by atoms with E-state index in [0.717, 1.165) is 25.9 Å². The molecule has 0 bridgehead atoms. The summed E-state index contributed by atoms with van der Waals surface area (Å²) in [6.45, 7) is 1.71. The van der Waals surface area contributed by atoms with Crippen molar-refractivity contribution < 1.29 is 9.72 Å². The van der Waals surface area contributed by atoms with Gasteiger partial charge < -0.3 is 15.1 Å². The molecule has 1 aliphatic rings. The summed E-state index contributed by atoms with van der Waals surface area (Å²) in [4.78, 5) is 26.5. The molecule has 0 atom stereocenters. The van der Waals surface area contributed by atoms with Gasteiger partial charge in [-0.15, -0.1) is 0 Å². The maximum absolute atomic E-state index is 12.2. The Hall–Kier alpha value is -2.31. The number of anilines is 2. The molecule has 21 heavy (non-hydrogen) atoms. The van der Waals surface area contributed by atoms with Gasteiger partial charge in [-0.3, -0.25) is 14.9 Å². The molecule has 1 N–H and O–H groups in total. The van der Waals surface area contributed by atoms with Crippen LogP contribution in [0.4, 0.5) is 17.1 Å². The second kappa shape index (κ2) is 6.43. The molecular weight excluding hydrogens is 272 g/mol. The van der Waals surface area contributed by atoms with Gasteiger partial charge in [-0.2, -0.15) is 0 Å². The van der Waals surface area contributed by atoms with Crippen LogP contribution in [0.1, 0.15) is 12.8 Å². The predicted molar refractivity (Wildman–Crippen MR) is 81.7 cm³/mol. The lowest BCUT2D eigenvalue weighted by atomic mass is 10.2. The number of amides is 1. The van der Waals surface area contributed by atoms with Crippen LogP contribution >= 0.6 is 0 Å². The molecule has 2 rings (SSSR count). The Morgan fingerprint density at radius 1 is 1.43 bits per heavy atom. The fraction of sp³-hybridized carbons (Fsp3) is 0.500. The lowest BCUT2D eigenvalue weighted by Gasteiger charge is -2.23. The lowest BCUT2D eigenvalue weighted by Crippen LogP contribution is -2.37. The molecule has 0 aliphatic carbocycles. The number of hydrogen-bond acceptors (Lipinski definition) is 5. The Labute approximate surface area is 123 Å². The Morgan fingerprint density at radius 2 is 2.10 bits per heavy atom. The van der Waals surface area contributed by atoms with E-state index in [9.17, 15) is 14.9 Å². The number of nitro benzene ring substituents is 1. The highest BCUT2D eigenvalue weighted by molar-refractivity contribution is 5.84. The van der Waals surface area contributed by atoms with Crippen molar-refractivity contribution in [1.82, 2.24) is 4.90 Å².